The summed E-state index contributed by atoms with van der Waals surface area (Å²) < 4.78 is 0.754. The van der Waals surface area contributed by atoms with Gasteiger partial charge < -0.3 is 15.3 Å². The largest absolute Gasteiger partial charge is 0.507 e. The Morgan fingerprint density at radius 2 is 2.16 bits per heavy atom. The van der Waals surface area contributed by atoms with Gasteiger partial charge in [0.15, 0.2) is 0 Å². The van der Waals surface area contributed by atoms with E-state index in [1.54, 1.807) is 12.1 Å². The molecule has 1 fully saturated rings. The predicted molar refractivity (Wildman–Crippen MR) is 83.4 cm³/mol. The molecule has 1 aliphatic rings. The van der Waals surface area contributed by atoms with Crippen molar-refractivity contribution in [2.45, 2.75) is 12.8 Å². The van der Waals surface area contributed by atoms with E-state index in [9.17, 15) is 9.90 Å². The van der Waals surface area contributed by atoms with Crippen LogP contribution in [0, 0.1) is 9.49 Å². The topological polar surface area (TPSA) is 52.6 Å². The molecule has 1 saturated heterocycles. The Kier molecular flexibility index (Phi) is 5.04. The van der Waals surface area contributed by atoms with Crippen LogP contribution in [0.25, 0.3) is 0 Å². The van der Waals surface area contributed by atoms with Gasteiger partial charge in [-0.05, 0) is 79.7 Å². The van der Waals surface area contributed by atoms with Gasteiger partial charge in [-0.3, -0.25) is 4.79 Å². The summed E-state index contributed by atoms with van der Waals surface area (Å²) in [6.45, 7) is 2.93. The van der Waals surface area contributed by atoms with Gasteiger partial charge in [-0.2, -0.15) is 0 Å². The third-order valence-electron chi connectivity index (χ3n) is 3.60. The van der Waals surface area contributed by atoms with Crippen molar-refractivity contribution in [1.29, 1.82) is 0 Å². The third kappa shape index (κ3) is 4.07. The van der Waals surface area contributed by atoms with Gasteiger partial charge in [0.2, 0.25) is 0 Å². The number of rotatable bonds is 3. The summed E-state index contributed by atoms with van der Waals surface area (Å²) in [5, 5.41) is 12.6. The van der Waals surface area contributed by atoms with Crippen molar-refractivity contribution < 1.29 is 9.90 Å². The van der Waals surface area contributed by atoms with Crippen LogP contribution in [0.1, 0.15) is 23.2 Å². The highest BCUT2D eigenvalue weighted by atomic mass is 127. The zero-order valence-corrected chi connectivity index (χ0v) is 13.2. The number of halogens is 1. The van der Waals surface area contributed by atoms with Crippen molar-refractivity contribution >= 4 is 28.5 Å². The molecule has 0 aromatic heterocycles. The van der Waals surface area contributed by atoms with Crippen LogP contribution in [0.15, 0.2) is 18.2 Å². The average molecular weight is 374 g/mol. The molecule has 0 saturated carbocycles. The fourth-order valence-corrected chi connectivity index (χ4v) is 2.59. The van der Waals surface area contributed by atoms with Crippen molar-refractivity contribution in [3.63, 3.8) is 0 Å². The van der Waals surface area contributed by atoms with Crippen LogP contribution < -0.4 is 5.32 Å². The van der Waals surface area contributed by atoms with Gasteiger partial charge in [0.1, 0.15) is 5.75 Å². The van der Waals surface area contributed by atoms with Gasteiger partial charge in [0.05, 0.1) is 3.57 Å². The molecule has 104 valence electrons. The number of amides is 1. The van der Waals surface area contributed by atoms with Gasteiger partial charge in [-0.15, -0.1) is 0 Å². The van der Waals surface area contributed by atoms with Gasteiger partial charge in [-0.25, -0.2) is 0 Å². The van der Waals surface area contributed by atoms with Gasteiger partial charge in [0, 0.05) is 12.1 Å². The lowest BCUT2D eigenvalue weighted by Crippen LogP contribution is -2.36. The molecule has 19 heavy (non-hydrogen) atoms. The molecule has 4 nitrogen and oxygen atoms in total. The number of hydrogen-bond acceptors (Lipinski definition) is 3. The second-order valence-electron chi connectivity index (χ2n) is 5.12. The molecule has 1 aliphatic heterocycles. The molecule has 2 N–H and O–H groups in total. The lowest BCUT2D eigenvalue weighted by atomic mass is 9.97. The maximum Gasteiger partial charge on any atom is 0.251 e. The molecule has 0 aliphatic carbocycles. The molecule has 2 rings (SSSR count). The highest BCUT2D eigenvalue weighted by Crippen LogP contribution is 2.20. The zero-order valence-electron chi connectivity index (χ0n) is 11.0. The van der Waals surface area contributed by atoms with E-state index in [0.29, 0.717) is 11.5 Å². The molecule has 0 bridgehead atoms. The number of likely N-dealkylation sites (tertiary alicyclic amines) is 1. The van der Waals surface area contributed by atoms with E-state index < -0.39 is 0 Å². The molecule has 0 radical (unpaired) electrons. The van der Waals surface area contributed by atoms with E-state index in [1.807, 2.05) is 22.6 Å². The van der Waals surface area contributed by atoms with Crippen LogP contribution in [0.2, 0.25) is 0 Å². The Hall–Kier alpha value is -0.820. The first kappa shape index (κ1) is 14.6. The SMILES string of the molecule is CN1CCC(CNC(=O)c2ccc(I)c(O)c2)CC1. The second kappa shape index (κ2) is 6.56. The lowest BCUT2D eigenvalue weighted by Gasteiger charge is -2.28. The predicted octanol–water partition coefficient (Wildman–Crippen LogP) is 2.07. The standard InChI is InChI=1S/C14H19IN2O2/c1-17-6-4-10(5-7-17)9-16-14(19)11-2-3-12(15)13(18)8-11/h2-3,8,10,18H,4-7,9H2,1H3,(H,16,19). The van der Waals surface area contributed by atoms with Crippen molar-refractivity contribution in [2.24, 2.45) is 5.92 Å². The summed E-state index contributed by atoms with van der Waals surface area (Å²) in [5.41, 5.74) is 0.519. The van der Waals surface area contributed by atoms with Gasteiger partial charge in [-0.1, -0.05) is 0 Å². The Morgan fingerprint density at radius 3 is 2.79 bits per heavy atom. The smallest absolute Gasteiger partial charge is 0.251 e. The molecule has 5 heteroatoms. The van der Waals surface area contributed by atoms with E-state index >= 15 is 0 Å². The summed E-state index contributed by atoms with van der Waals surface area (Å²) in [7, 11) is 2.13. The van der Waals surface area contributed by atoms with Gasteiger partial charge in [0.25, 0.3) is 5.91 Å². The molecule has 1 aromatic rings. The van der Waals surface area contributed by atoms with Crippen molar-refractivity contribution in [3.8, 4) is 5.75 Å². The molecular weight excluding hydrogens is 355 g/mol. The van der Waals surface area contributed by atoms with Crippen LogP contribution in [0.5, 0.6) is 5.75 Å². The molecular formula is C14H19IN2O2. The summed E-state index contributed by atoms with van der Waals surface area (Å²) >= 11 is 2.04. The minimum absolute atomic E-state index is 0.106. The summed E-state index contributed by atoms with van der Waals surface area (Å²) in [6.07, 6.45) is 2.27. The third-order valence-corrected chi connectivity index (χ3v) is 4.51. The molecule has 0 unspecified atom stereocenters. The first-order chi connectivity index (χ1) is 9.06. The lowest BCUT2D eigenvalue weighted by molar-refractivity contribution is 0.0938. The normalized spacial score (nSPS) is 17.4. The number of aromatic hydroxyl groups is 1. The number of phenols is 1. The summed E-state index contributed by atoms with van der Waals surface area (Å²) in [5.74, 6) is 0.621. The van der Waals surface area contributed by atoms with E-state index in [2.05, 4.69) is 17.3 Å². The molecule has 0 spiro atoms. The summed E-state index contributed by atoms with van der Waals surface area (Å²) in [4.78, 5) is 14.3. The molecule has 0 atom stereocenters. The maximum atomic E-state index is 12.0. The Morgan fingerprint density at radius 1 is 1.47 bits per heavy atom. The van der Waals surface area contributed by atoms with Crippen LogP contribution in [0.4, 0.5) is 0 Å². The number of carbonyl (C=O) groups excluding carboxylic acids is 1. The van der Waals surface area contributed by atoms with Crippen LogP contribution >= 0.6 is 22.6 Å². The minimum Gasteiger partial charge on any atom is -0.507 e. The molecule has 1 heterocycles. The van der Waals surface area contributed by atoms with Crippen LogP contribution in [-0.4, -0.2) is 42.6 Å². The van der Waals surface area contributed by atoms with E-state index in [0.717, 1.165) is 36.0 Å². The number of phenolic OH excluding ortho intramolecular Hbond substituents is 1. The molecule has 1 amide bonds. The fourth-order valence-electron chi connectivity index (χ4n) is 2.26. The van der Waals surface area contributed by atoms with Crippen molar-refractivity contribution in [3.05, 3.63) is 27.3 Å². The Bertz CT molecular complexity index is 457. The van der Waals surface area contributed by atoms with Crippen LogP contribution in [-0.2, 0) is 0 Å². The Balaban J connectivity index is 1.85. The first-order valence-electron chi connectivity index (χ1n) is 6.51. The fraction of sp³-hybridized carbons (Fsp3) is 0.500. The number of carbonyl (C=O) groups is 1. The number of nitrogens with one attached hydrogen (secondary N) is 1. The Labute approximate surface area is 127 Å². The minimum atomic E-state index is -0.106. The zero-order chi connectivity index (χ0) is 13.8. The van der Waals surface area contributed by atoms with Gasteiger partial charge >= 0.3 is 0 Å². The quantitative estimate of drug-likeness (QED) is 0.797. The van der Waals surface area contributed by atoms with E-state index in [1.165, 1.54) is 6.07 Å². The second-order valence-corrected chi connectivity index (χ2v) is 6.29. The van der Waals surface area contributed by atoms with E-state index in [4.69, 9.17) is 0 Å². The van der Waals surface area contributed by atoms with Crippen molar-refractivity contribution in [2.75, 3.05) is 26.7 Å². The highest BCUT2D eigenvalue weighted by molar-refractivity contribution is 14.1. The van der Waals surface area contributed by atoms with Crippen molar-refractivity contribution in [1.82, 2.24) is 10.2 Å². The number of nitrogens with zero attached hydrogens (tertiary/aromatic N) is 1. The maximum absolute atomic E-state index is 12.0. The van der Waals surface area contributed by atoms with E-state index in [-0.39, 0.29) is 11.7 Å². The first-order valence-corrected chi connectivity index (χ1v) is 7.59. The number of hydrogen-bond donors (Lipinski definition) is 2. The number of piperidine rings is 1. The number of benzene rings is 1. The van der Waals surface area contributed by atoms with Crippen LogP contribution in [0.3, 0.4) is 0 Å². The monoisotopic (exact) mass is 374 g/mol. The molecule has 1 aromatic carbocycles. The average Bonchev–Trinajstić information content (AvgIpc) is 2.41. The summed E-state index contributed by atoms with van der Waals surface area (Å²) in [6, 6.07) is 5.01. The highest BCUT2D eigenvalue weighted by Gasteiger charge is 2.17.